The molecule has 0 bridgehead atoms. The first kappa shape index (κ1) is 24.9. The van der Waals surface area contributed by atoms with Crippen LogP contribution in [0.4, 0.5) is 31.5 Å². The number of benzene rings is 2. The number of anilines is 1. The average molecular weight is 530 g/mol. The minimum Gasteiger partial charge on any atom is -0.278 e. The number of halogens is 7. The molecule has 2 heterocycles. The topological polar surface area (TPSA) is 46.1 Å². The molecule has 0 saturated heterocycles. The van der Waals surface area contributed by atoms with Gasteiger partial charge in [-0.2, -0.15) is 26.3 Å². The molecule has 182 valence electrons. The van der Waals surface area contributed by atoms with E-state index in [1.807, 2.05) is 0 Å². The SMILES string of the molecule is Cc1cc(Cl)cc2sc(N(Cc3ccccn3)C(=O)c3cc(C(F)(F)F)cc(C(F)(F)F)c3)nc12. The normalized spacial score (nSPS) is 12.2. The lowest BCUT2D eigenvalue weighted by molar-refractivity contribution is -0.143. The summed E-state index contributed by atoms with van der Waals surface area (Å²) in [5, 5.41) is 0.493. The molecule has 4 rings (SSSR count). The molecule has 4 aromatic rings. The summed E-state index contributed by atoms with van der Waals surface area (Å²) >= 11 is 7.13. The number of amides is 1. The number of hydrogen-bond acceptors (Lipinski definition) is 4. The van der Waals surface area contributed by atoms with Crippen LogP contribution in [0, 0.1) is 6.92 Å². The number of thiazole rings is 1. The second kappa shape index (κ2) is 9.12. The van der Waals surface area contributed by atoms with E-state index in [2.05, 4.69) is 9.97 Å². The zero-order valence-corrected chi connectivity index (χ0v) is 19.3. The fourth-order valence-corrected chi connectivity index (χ4v) is 4.79. The van der Waals surface area contributed by atoms with Crippen LogP contribution in [0.3, 0.4) is 0 Å². The summed E-state index contributed by atoms with van der Waals surface area (Å²) in [5.41, 5.74) is -2.39. The summed E-state index contributed by atoms with van der Waals surface area (Å²) in [7, 11) is 0. The Kier molecular flexibility index (Phi) is 6.50. The Morgan fingerprint density at radius 2 is 1.66 bits per heavy atom. The van der Waals surface area contributed by atoms with Gasteiger partial charge in [0.2, 0.25) is 0 Å². The minimum atomic E-state index is -5.09. The molecule has 0 saturated carbocycles. The van der Waals surface area contributed by atoms with Crippen molar-refractivity contribution in [1.82, 2.24) is 9.97 Å². The van der Waals surface area contributed by atoms with Crippen LogP contribution < -0.4 is 4.90 Å². The fraction of sp³-hybridized carbons (Fsp3) is 0.174. The molecule has 0 aliphatic rings. The maximum Gasteiger partial charge on any atom is 0.416 e. The van der Waals surface area contributed by atoms with E-state index in [9.17, 15) is 31.1 Å². The molecular weight excluding hydrogens is 516 g/mol. The van der Waals surface area contributed by atoms with Gasteiger partial charge in [0.15, 0.2) is 5.13 Å². The number of aromatic nitrogens is 2. The third-order valence-corrected chi connectivity index (χ3v) is 6.24. The van der Waals surface area contributed by atoms with Crippen LogP contribution in [-0.2, 0) is 18.9 Å². The first-order valence-corrected chi connectivity index (χ1v) is 11.1. The standard InChI is InChI=1S/C23H14ClF6N3OS/c1-12-6-16(24)10-18-19(12)32-21(35-18)33(11-17-4-2-3-5-31-17)20(34)13-7-14(22(25,26)27)9-15(8-13)23(28,29)30/h2-10H,11H2,1H3. The molecule has 0 fully saturated rings. The number of fused-ring (bicyclic) bond motifs is 1. The van der Waals surface area contributed by atoms with Crippen molar-refractivity contribution < 1.29 is 31.1 Å². The van der Waals surface area contributed by atoms with Crippen molar-refractivity contribution in [3.8, 4) is 0 Å². The molecule has 0 aliphatic carbocycles. The number of carbonyl (C=O) groups is 1. The zero-order valence-electron chi connectivity index (χ0n) is 17.7. The highest BCUT2D eigenvalue weighted by Gasteiger charge is 2.38. The van der Waals surface area contributed by atoms with Gasteiger partial charge in [-0.25, -0.2) is 4.98 Å². The number of aryl methyl sites for hydroxylation is 1. The molecule has 4 nitrogen and oxygen atoms in total. The summed E-state index contributed by atoms with van der Waals surface area (Å²) < 4.78 is 80.8. The van der Waals surface area contributed by atoms with Gasteiger partial charge >= 0.3 is 12.4 Å². The van der Waals surface area contributed by atoms with Crippen molar-refractivity contribution in [3.63, 3.8) is 0 Å². The predicted octanol–water partition coefficient (Wildman–Crippen LogP) is 7.54. The van der Waals surface area contributed by atoms with Crippen molar-refractivity contribution in [3.05, 3.63) is 87.7 Å². The van der Waals surface area contributed by atoms with E-state index in [1.165, 1.54) is 6.20 Å². The second-order valence-electron chi connectivity index (χ2n) is 7.57. The van der Waals surface area contributed by atoms with Crippen LogP contribution in [-0.4, -0.2) is 15.9 Å². The highest BCUT2D eigenvalue weighted by molar-refractivity contribution is 7.22. The molecule has 12 heteroatoms. The molecule has 0 aliphatic heterocycles. The molecule has 0 atom stereocenters. The molecule has 1 amide bonds. The Morgan fingerprint density at radius 3 is 2.23 bits per heavy atom. The van der Waals surface area contributed by atoms with Gasteiger partial charge in [0, 0.05) is 16.8 Å². The molecular formula is C23H14ClF6N3OS. The van der Waals surface area contributed by atoms with E-state index in [-0.39, 0.29) is 17.7 Å². The lowest BCUT2D eigenvalue weighted by atomic mass is 10.0. The Balaban J connectivity index is 1.87. The summed E-state index contributed by atoms with van der Waals surface area (Å²) in [4.78, 5) is 23.0. The maximum absolute atomic E-state index is 13.4. The summed E-state index contributed by atoms with van der Waals surface area (Å²) in [6.45, 7) is 1.51. The van der Waals surface area contributed by atoms with Gasteiger partial charge in [-0.15, -0.1) is 0 Å². The van der Waals surface area contributed by atoms with Gasteiger partial charge in [0.1, 0.15) is 0 Å². The van der Waals surface area contributed by atoms with Gasteiger partial charge in [0.05, 0.1) is 33.6 Å². The van der Waals surface area contributed by atoms with Gasteiger partial charge in [-0.3, -0.25) is 14.7 Å². The van der Waals surface area contributed by atoms with Gasteiger partial charge in [-0.1, -0.05) is 29.0 Å². The molecule has 2 aromatic heterocycles. The Labute approximate surface area is 203 Å². The Morgan fingerprint density at radius 1 is 1.00 bits per heavy atom. The van der Waals surface area contributed by atoms with Crippen molar-refractivity contribution in [1.29, 1.82) is 0 Å². The van der Waals surface area contributed by atoms with Gasteiger partial charge < -0.3 is 0 Å². The fourth-order valence-electron chi connectivity index (χ4n) is 3.37. The van der Waals surface area contributed by atoms with Gasteiger partial charge in [0.25, 0.3) is 5.91 Å². The van der Waals surface area contributed by atoms with Crippen LogP contribution in [0.1, 0.15) is 32.7 Å². The molecule has 0 spiro atoms. The molecule has 0 unspecified atom stereocenters. The summed E-state index contributed by atoms with van der Waals surface area (Å²) in [6.07, 6.45) is -8.73. The minimum absolute atomic E-state index is 0.0249. The van der Waals surface area contributed by atoms with Gasteiger partial charge in [-0.05, 0) is 55.0 Å². The Bertz CT molecular complexity index is 1370. The van der Waals surface area contributed by atoms with Crippen LogP contribution in [0.15, 0.2) is 54.7 Å². The van der Waals surface area contributed by atoms with E-state index in [4.69, 9.17) is 11.6 Å². The monoisotopic (exact) mass is 529 g/mol. The second-order valence-corrected chi connectivity index (χ2v) is 9.02. The zero-order chi connectivity index (χ0) is 25.5. The van der Waals surface area contributed by atoms with Crippen molar-refractivity contribution >= 4 is 44.2 Å². The first-order chi connectivity index (χ1) is 16.3. The predicted molar refractivity (Wildman–Crippen MR) is 121 cm³/mol. The highest BCUT2D eigenvalue weighted by atomic mass is 35.5. The van der Waals surface area contributed by atoms with E-state index in [0.717, 1.165) is 16.2 Å². The third-order valence-electron chi connectivity index (χ3n) is 5.00. The number of carbonyl (C=O) groups excluding carboxylic acids is 1. The van der Waals surface area contributed by atoms with E-state index in [1.54, 1.807) is 37.3 Å². The number of hydrogen-bond donors (Lipinski definition) is 0. The van der Waals surface area contributed by atoms with Crippen molar-refractivity contribution in [2.24, 2.45) is 0 Å². The van der Waals surface area contributed by atoms with Crippen molar-refractivity contribution in [2.75, 3.05) is 4.90 Å². The summed E-state index contributed by atoms with van der Waals surface area (Å²) in [6, 6.07) is 8.88. The largest absolute Gasteiger partial charge is 0.416 e. The smallest absolute Gasteiger partial charge is 0.278 e. The first-order valence-electron chi connectivity index (χ1n) is 9.91. The number of rotatable bonds is 4. The number of nitrogens with zero attached hydrogens (tertiary/aromatic N) is 3. The summed E-state index contributed by atoms with van der Waals surface area (Å²) in [5.74, 6) is -1.09. The average Bonchev–Trinajstić information content (AvgIpc) is 3.20. The van der Waals surface area contributed by atoms with E-state index in [0.29, 0.717) is 38.6 Å². The number of alkyl halides is 6. The maximum atomic E-state index is 13.4. The van der Waals surface area contributed by atoms with E-state index < -0.39 is 35.0 Å². The van der Waals surface area contributed by atoms with Crippen LogP contribution in [0.25, 0.3) is 10.2 Å². The lowest BCUT2D eigenvalue weighted by Gasteiger charge is -2.21. The molecule has 2 aromatic carbocycles. The van der Waals surface area contributed by atoms with Crippen molar-refractivity contribution in [2.45, 2.75) is 25.8 Å². The van der Waals surface area contributed by atoms with Crippen LogP contribution >= 0.6 is 22.9 Å². The molecule has 0 radical (unpaired) electrons. The highest BCUT2D eigenvalue weighted by Crippen LogP contribution is 2.38. The number of pyridine rings is 1. The molecule has 35 heavy (non-hydrogen) atoms. The van der Waals surface area contributed by atoms with E-state index >= 15 is 0 Å². The molecule has 0 N–H and O–H groups in total. The van der Waals surface area contributed by atoms with Crippen LogP contribution in [0.2, 0.25) is 5.02 Å². The third kappa shape index (κ3) is 5.40. The Hall–Kier alpha value is -3.18. The van der Waals surface area contributed by atoms with Crippen LogP contribution in [0.5, 0.6) is 0 Å². The lowest BCUT2D eigenvalue weighted by Crippen LogP contribution is -2.31. The quantitative estimate of drug-likeness (QED) is 0.257.